The van der Waals surface area contributed by atoms with Crippen LogP contribution in [-0.4, -0.2) is 76.0 Å². The third-order valence-electron chi connectivity index (χ3n) is 4.73. The van der Waals surface area contributed by atoms with Gasteiger partial charge in [0, 0.05) is 12.8 Å². The summed E-state index contributed by atoms with van der Waals surface area (Å²) in [6.07, 6.45) is -2.29. The molecule has 0 aliphatic carbocycles. The van der Waals surface area contributed by atoms with E-state index in [1.807, 2.05) is 13.8 Å². The van der Waals surface area contributed by atoms with Crippen LogP contribution in [0.1, 0.15) is 52.9 Å². The monoisotopic (exact) mass is 488 g/mol. The minimum Gasteiger partial charge on any atom is -0.480 e. The number of nitrogens with two attached hydrogens (primary N) is 3. The fraction of sp³-hybridized carbons (Fsp3) is 0.700. The van der Waals surface area contributed by atoms with Gasteiger partial charge >= 0.3 is 5.97 Å². The Balaban J connectivity index is 5.51. The van der Waals surface area contributed by atoms with Crippen LogP contribution in [-0.2, 0) is 28.8 Å². The van der Waals surface area contributed by atoms with Crippen molar-refractivity contribution in [2.45, 2.75) is 83.1 Å². The second-order valence-electron chi connectivity index (χ2n) is 8.43. The predicted octanol–water partition coefficient (Wildman–Crippen LogP) is -3.19. The molecule has 0 heterocycles. The molecule has 11 N–H and O–H groups in total. The normalized spacial score (nSPS) is 15.4. The van der Waals surface area contributed by atoms with Crippen molar-refractivity contribution < 1.29 is 39.0 Å². The van der Waals surface area contributed by atoms with E-state index >= 15 is 0 Å². The minimum atomic E-state index is -1.49. The van der Waals surface area contributed by atoms with Gasteiger partial charge in [0.1, 0.15) is 18.1 Å². The molecule has 14 heteroatoms. The highest BCUT2D eigenvalue weighted by Gasteiger charge is 2.32. The Morgan fingerprint density at radius 2 is 1.24 bits per heavy atom. The van der Waals surface area contributed by atoms with Crippen LogP contribution >= 0.6 is 0 Å². The number of aliphatic carboxylic acids is 1. The molecule has 0 aromatic rings. The van der Waals surface area contributed by atoms with Gasteiger partial charge in [-0.25, -0.2) is 4.79 Å². The van der Waals surface area contributed by atoms with Crippen molar-refractivity contribution in [3.63, 3.8) is 0 Å². The zero-order valence-corrected chi connectivity index (χ0v) is 19.6. The van der Waals surface area contributed by atoms with E-state index in [-0.39, 0.29) is 31.6 Å². The highest BCUT2D eigenvalue weighted by atomic mass is 16.4. The maximum Gasteiger partial charge on any atom is 0.326 e. The van der Waals surface area contributed by atoms with Crippen molar-refractivity contribution in [1.29, 1.82) is 0 Å². The molecule has 0 fully saturated rings. The van der Waals surface area contributed by atoms with Crippen LogP contribution in [0.3, 0.4) is 0 Å². The van der Waals surface area contributed by atoms with Gasteiger partial charge < -0.3 is 43.4 Å². The Morgan fingerprint density at radius 1 is 0.765 bits per heavy atom. The van der Waals surface area contributed by atoms with Crippen molar-refractivity contribution in [3.8, 4) is 0 Å². The topological polar surface area (TPSA) is 257 Å². The zero-order chi connectivity index (χ0) is 26.6. The molecule has 0 bridgehead atoms. The molecule has 5 unspecified atom stereocenters. The fourth-order valence-corrected chi connectivity index (χ4v) is 2.91. The number of aliphatic hydroxyl groups excluding tert-OH is 1. The first-order valence-electron chi connectivity index (χ1n) is 10.8. The standard InChI is InChI=1S/C20H36N6O8/c1-9(2)8-11(21)17(30)26-16(10(3)27)19(32)24-12(4-6-14(22)28)18(31)25-13(20(33)34)5-7-15(23)29/h9-13,16,27H,4-8,21H2,1-3H3,(H2,22,28)(H2,23,29)(H,24,32)(H,25,31)(H,26,30)(H,33,34). The molecule has 0 aliphatic heterocycles. The Labute approximate surface area is 197 Å². The van der Waals surface area contributed by atoms with Crippen LogP contribution in [0.4, 0.5) is 0 Å². The van der Waals surface area contributed by atoms with Crippen LogP contribution in [0.5, 0.6) is 0 Å². The lowest BCUT2D eigenvalue weighted by Crippen LogP contribution is -2.59. The van der Waals surface area contributed by atoms with Gasteiger partial charge in [0.15, 0.2) is 0 Å². The molecule has 0 saturated carbocycles. The summed E-state index contributed by atoms with van der Waals surface area (Å²) < 4.78 is 0. The van der Waals surface area contributed by atoms with E-state index in [1.54, 1.807) is 0 Å². The summed E-state index contributed by atoms with van der Waals surface area (Å²) in [4.78, 5) is 71.3. The van der Waals surface area contributed by atoms with Crippen molar-refractivity contribution in [1.82, 2.24) is 16.0 Å². The number of carbonyl (C=O) groups is 6. The smallest absolute Gasteiger partial charge is 0.326 e. The Morgan fingerprint density at radius 3 is 1.65 bits per heavy atom. The number of amides is 5. The SMILES string of the molecule is CC(C)CC(N)C(=O)NC(C(=O)NC(CCC(N)=O)C(=O)NC(CCC(N)=O)C(=O)O)C(C)O. The van der Waals surface area contributed by atoms with Crippen LogP contribution in [0.25, 0.3) is 0 Å². The largest absolute Gasteiger partial charge is 0.480 e. The molecular formula is C20H36N6O8. The van der Waals surface area contributed by atoms with E-state index in [4.69, 9.17) is 17.2 Å². The molecule has 0 rings (SSSR count). The number of carbonyl (C=O) groups excluding carboxylic acids is 5. The number of nitrogens with one attached hydrogen (secondary N) is 3. The number of carboxylic acid groups (broad SMARTS) is 1. The van der Waals surface area contributed by atoms with E-state index in [0.29, 0.717) is 6.42 Å². The predicted molar refractivity (Wildman–Crippen MR) is 119 cm³/mol. The molecule has 0 spiro atoms. The van der Waals surface area contributed by atoms with Gasteiger partial charge in [0.25, 0.3) is 0 Å². The summed E-state index contributed by atoms with van der Waals surface area (Å²) >= 11 is 0. The zero-order valence-electron chi connectivity index (χ0n) is 19.6. The number of rotatable bonds is 16. The van der Waals surface area contributed by atoms with Gasteiger partial charge in [-0.1, -0.05) is 13.8 Å². The number of primary amides is 2. The van der Waals surface area contributed by atoms with Crippen molar-refractivity contribution in [2.24, 2.45) is 23.1 Å². The van der Waals surface area contributed by atoms with Gasteiger partial charge in [-0.2, -0.15) is 0 Å². The molecule has 5 atom stereocenters. The summed E-state index contributed by atoms with van der Waals surface area (Å²) in [7, 11) is 0. The molecule has 34 heavy (non-hydrogen) atoms. The second kappa shape index (κ2) is 14.8. The first-order chi connectivity index (χ1) is 15.6. The molecule has 194 valence electrons. The van der Waals surface area contributed by atoms with E-state index < -0.39 is 65.8 Å². The van der Waals surface area contributed by atoms with Gasteiger partial charge in [-0.3, -0.25) is 24.0 Å². The summed E-state index contributed by atoms with van der Waals surface area (Å²) in [5, 5.41) is 26.0. The van der Waals surface area contributed by atoms with Crippen molar-refractivity contribution in [2.75, 3.05) is 0 Å². The first kappa shape index (κ1) is 30.7. The number of carboxylic acids is 1. The lowest BCUT2D eigenvalue weighted by molar-refractivity contribution is -0.143. The minimum absolute atomic E-state index is 0.0956. The molecule has 0 aromatic heterocycles. The Hall–Kier alpha value is -3.26. The van der Waals surface area contributed by atoms with E-state index in [2.05, 4.69) is 16.0 Å². The second-order valence-corrected chi connectivity index (χ2v) is 8.43. The molecule has 14 nitrogen and oxygen atoms in total. The molecule has 0 radical (unpaired) electrons. The average Bonchev–Trinajstić information content (AvgIpc) is 2.70. The summed E-state index contributed by atoms with van der Waals surface area (Å²) in [5.74, 6) is -5.53. The fourth-order valence-electron chi connectivity index (χ4n) is 2.91. The van der Waals surface area contributed by atoms with Crippen LogP contribution in [0.2, 0.25) is 0 Å². The highest BCUT2D eigenvalue weighted by Crippen LogP contribution is 2.06. The average molecular weight is 489 g/mol. The summed E-state index contributed by atoms with van der Waals surface area (Å²) in [5.41, 5.74) is 15.9. The van der Waals surface area contributed by atoms with E-state index in [1.165, 1.54) is 6.92 Å². The lowest BCUT2D eigenvalue weighted by atomic mass is 10.0. The van der Waals surface area contributed by atoms with Gasteiger partial charge in [0.2, 0.25) is 29.5 Å². The Kier molecular flexibility index (Phi) is 13.4. The van der Waals surface area contributed by atoms with Gasteiger partial charge in [-0.15, -0.1) is 0 Å². The molecule has 0 aliphatic rings. The number of hydrogen-bond donors (Lipinski definition) is 8. The van der Waals surface area contributed by atoms with Crippen LogP contribution < -0.4 is 33.2 Å². The molecular weight excluding hydrogens is 452 g/mol. The summed E-state index contributed by atoms with van der Waals surface area (Å²) in [6.45, 7) is 4.94. The van der Waals surface area contributed by atoms with Crippen molar-refractivity contribution >= 4 is 35.5 Å². The highest BCUT2D eigenvalue weighted by molar-refractivity contribution is 5.94. The molecule has 0 aromatic carbocycles. The molecule has 0 saturated heterocycles. The summed E-state index contributed by atoms with van der Waals surface area (Å²) in [6, 6.07) is -5.35. The Bertz CT molecular complexity index is 757. The van der Waals surface area contributed by atoms with E-state index in [0.717, 1.165) is 0 Å². The lowest BCUT2D eigenvalue weighted by Gasteiger charge is -2.26. The maximum absolute atomic E-state index is 12.8. The third-order valence-corrected chi connectivity index (χ3v) is 4.73. The van der Waals surface area contributed by atoms with Crippen LogP contribution in [0, 0.1) is 5.92 Å². The maximum atomic E-state index is 12.8. The number of hydrogen-bond acceptors (Lipinski definition) is 8. The molecule has 5 amide bonds. The van der Waals surface area contributed by atoms with Crippen LogP contribution in [0.15, 0.2) is 0 Å². The van der Waals surface area contributed by atoms with E-state index in [9.17, 15) is 39.0 Å². The van der Waals surface area contributed by atoms with Gasteiger partial charge in [0.05, 0.1) is 12.1 Å². The quantitative estimate of drug-likeness (QED) is 0.109. The van der Waals surface area contributed by atoms with Crippen molar-refractivity contribution in [3.05, 3.63) is 0 Å². The van der Waals surface area contributed by atoms with Gasteiger partial charge in [-0.05, 0) is 32.1 Å². The third kappa shape index (κ3) is 12.1. The first-order valence-corrected chi connectivity index (χ1v) is 10.8. The number of aliphatic hydroxyl groups is 1.